The predicted molar refractivity (Wildman–Crippen MR) is 116 cm³/mol. The molecule has 1 aliphatic rings. The van der Waals surface area contributed by atoms with Crippen molar-refractivity contribution in [2.75, 3.05) is 20.2 Å². The van der Waals surface area contributed by atoms with Gasteiger partial charge in [-0.1, -0.05) is 12.1 Å². The van der Waals surface area contributed by atoms with Crippen LogP contribution in [0.3, 0.4) is 0 Å². The van der Waals surface area contributed by atoms with Crippen LogP contribution in [0.15, 0.2) is 79.3 Å². The van der Waals surface area contributed by atoms with E-state index in [0.717, 1.165) is 0 Å². The van der Waals surface area contributed by atoms with E-state index in [1.165, 1.54) is 18.3 Å². The van der Waals surface area contributed by atoms with Crippen molar-refractivity contribution < 1.29 is 18.7 Å². The van der Waals surface area contributed by atoms with Crippen molar-refractivity contribution in [2.45, 2.75) is 6.10 Å². The zero-order valence-corrected chi connectivity index (χ0v) is 17.4. The molecule has 1 aliphatic heterocycles. The summed E-state index contributed by atoms with van der Waals surface area (Å²) in [7, 11) is 1.72. The zero-order valence-electron chi connectivity index (χ0n) is 17.4. The van der Waals surface area contributed by atoms with Crippen LogP contribution < -0.4 is 9.47 Å². The summed E-state index contributed by atoms with van der Waals surface area (Å²) in [5, 5.41) is 4.42. The second-order valence-corrected chi connectivity index (χ2v) is 7.54. The number of amides is 1. The average molecular weight is 432 g/mol. The van der Waals surface area contributed by atoms with E-state index in [0.29, 0.717) is 41.7 Å². The van der Waals surface area contributed by atoms with Crippen molar-refractivity contribution in [1.82, 2.24) is 19.2 Å². The highest BCUT2D eigenvalue weighted by molar-refractivity contribution is 5.97. The lowest BCUT2D eigenvalue weighted by Gasteiger charge is -2.29. The monoisotopic (exact) mass is 432 g/mol. The number of fused-ring (bicyclic) bond motifs is 1. The molecule has 162 valence electrons. The van der Waals surface area contributed by atoms with Gasteiger partial charge in [0.2, 0.25) is 0 Å². The molecule has 1 amide bonds. The number of carbonyl (C=O) groups excluding carboxylic acids is 1. The number of likely N-dealkylation sites (N-methyl/N-ethyl adjacent to an activating group) is 1. The van der Waals surface area contributed by atoms with Gasteiger partial charge in [-0.05, 0) is 48.5 Å². The third kappa shape index (κ3) is 3.71. The van der Waals surface area contributed by atoms with Crippen LogP contribution in [0.25, 0.3) is 11.5 Å². The molecule has 0 radical (unpaired) electrons. The van der Waals surface area contributed by atoms with Gasteiger partial charge in [-0.3, -0.25) is 4.79 Å². The summed E-state index contributed by atoms with van der Waals surface area (Å²) in [5.41, 5.74) is 1.07. The number of hydrogen-bond acceptors (Lipinski definition) is 4. The minimum Gasteiger partial charge on any atom is -0.486 e. The Morgan fingerprint density at radius 3 is 2.56 bits per heavy atom. The molecule has 0 bridgehead atoms. The summed E-state index contributed by atoms with van der Waals surface area (Å²) in [5.74, 6) is 1.40. The zero-order chi connectivity index (χ0) is 22.1. The van der Waals surface area contributed by atoms with Crippen LogP contribution in [0.1, 0.15) is 10.4 Å². The smallest absolute Gasteiger partial charge is 0.259 e. The van der Waals surface area contributed by atoms with Crippen molar-refractivity contribution in [2.24, 2.45) is 0 Å². The Bertz CT molecular complexity index is 1230. The summed E-state index contributed by atoms with van der Waals surface area (Å²) in [4.78, 5) is 15.0. The second-order valence-electron chi connectivity index (χ2n) is 7.54. The molecule has 2 aromatic carbocycles. The van der Waals surface area contributed by atoms with E-state index in [2.05, 4.69) is 5.10 Å². The highest BCUT2D eigenvalue weighted by Gasteiger charge is 2.27. The number of hydrogen-bond donors (Lipinski definition) is 0. The summed E-state index contributed by atoms with van der Waals surface area (Å²) in [6, 6.07) is 17.2. The molecule has 0 saturated heterocycles. The van der Waals surface area contributed by atoms with Crippen LogP contribution >= 0.6 is 0 Å². The van der Waals surface area contributed by atoms with E-state index in [1.54, 1.807) is 28.8 Å². The fraction of sp³-hybridized carbons (Fsp3) is 0.167. The topological polar surface area (TPSA) is 61.5 Å². The molecule has 0 spiro atoms. The molecule has 5 rings (SSSR count). The lowest BCUT2D eigenvalue weighted by molar-refractivity contribution is 0.0521. The number of rotatable bonds is 5. The van der Waals surface area contributed by atoms with Crippen LogP contribution in [-0.2, 0) is 0 Å². The number of para-hydroxylation sites is 2. The van der Waals surface area contributed by atoms with Crippen molar-refractivity contribution >= 4 is 5.91 Å². The van der Waals surface area contributed by atoms with Crippen molar-refractivity contribution in [3.05, 3.63) is 90.6 Å². The number of aromatic nitrogens is 3. The molecular formula is C24H21FN4O3. The van der Waals surface area contributed by atoms with E-state index >= 15 is 0 Å². The highest BCUT2D eigenvalue weighted by Crippen LogP contribution is 2.31. The average Bonchev–Trinajstić information content (AvgIpc) is 3.49. The molecule has 3 heterocycles. The van der Waals surface area contributed by atoms with Gasteiger partial charge in [0.05, 0.1) is 18.4 Å². The van der Waals surface area contributed by atoms with Crippen LogP contribution in [-0.4, -0.2) is 51.5 Å². The lowest BCUT2D eigenvalue weighted by Crippen LogP contribution is -2.42. The van der Waals surface area contributed by atoms with E-state index < -0.39 is 0 Å². The van der Waals surface area contributed by atoms with Gasteiger partial charge in [-0.15, -0.1) is 0 Å². The maximum Gasteiger partial charge on any atom is 0.259 e. The fourth-order valence-corrected chi connectivity index (χ4v) is 3.74. The standard InChI is InChI=1S/C24H21FN4O3/c1-27(15-19-16-31-21-6-2-3-7-22(21)32-19)24(30)20-14-26-29(18-10-8-17(25)9-11-18)23(20)28-12-4-5-13-28/h2-14,19H,15-16H2,1H3. The maximum absolute atomic E-state index is 13.4. The van der Waals surface area contributed by atoms with Crippen LogP contribution in [0.2, 0.25) is 0 Å². The molecule has 0 fully saturated rings. The summed E-state index contributed by atoms with van der Waals surface area (Å²) < 4.78 is 28.6. The van der Waals surface area contributed by atoms with E-state index in [9.17, 15) is 9.18 Å². The van der Waals surface area contributed by atoms with Crippen molar-refractivity contribution in [3.63, 3.8) is 0 Å². The van der Waals surface area contributed by atoms with Gasteiger partial charge in [-0.25, -0.2) is 9.07 Å². The first-order valence-corrected chi connectivity index (χ1v) is 10.2. The molecule has 0 N–H and O–H groups in total. The Kier molecular flexibility index (Phi) is 5.10. The van der Waals surface area contributed by atoms with Crippen LogP contribution in [0.5, 0.6) is 11.5 Å². The van der Waals surface area contributed by atoms with Crippen molar-refractivity contribution in [1.29, 1.82) is 0 Å². The van der Waals surface area contributed by atoms with Gasteiger partial charge in [-0.2, -0.15) is 5.10 Å². The number of benzene rings is 2. The van der Waals surface area contributed by atoms with Crippen molar-refractivity contribution in [3.8, 4) is 23.0 Å². The maximum atomic E-state index is 13.4. The van der Waals surface area contributed by atoms with Gasteiger partial charge in [0.15, 0.2) is 23.4 Å². The Labute approximate surface area is 184 Å². The van der Waals surface area contributed by atoms with Crippen LogP contribution in [0, 0.1) is 5.82 Å². The number of carbonyl (C=O) groups is 1. The third-order valence-corrected chi connectivity index (χ3v) is 5.29. The summed E-state index contributed by atoms with van der Waals surface area (Å²) >= 11 is 0. The minimum absolute atomic E-state index is 0.204. The normalized spacial score (nSPS) is 14.9. The Hall–Kier alpha value is -4.07. The van der Waals surface area contributed by atoms with E-state index in [-0.39, 0.29) is 17.8 Å². The number of halogens is 1. The van der Waals surface area contributed by atoms with Gasteiger partial charge in [0.1, 0.15) is 18.0 Å². The Morgan fingerprint density at radius 2 is 1.81 bits per heavy atom. The van der Waals surface area contributed by atoms with Gasteiger partial charge >= 0.3 is 0 Å². The molecule has 0 aliphatic carbocycles. The van der Waals surface area contributed by atoms with Crippen LogP contribution in [0.4, 0.5) is 4.39 Å². The first-order chi connectivity index (χ1) is 15.6. The molecule has 1 unspecified atom stereocenters. The minimum atomic E-state index is -0.337. The Balaban J connectivity index is 1.41. The fourth-order valence-electron chi connectivity index (χ4n) is 3.74. The SMILES string of the molecule is CN(CC1COc2ccccc2O1)C(=O)c1cnn(-c2ccc(F)cc2)c1-n1cccc1. The summed E-state index contributed by atoms with van der Waals surface area (Å²) in [6.45, 7) is 0.702. The van der Waals surface area contributed by atoms with Gasteiger partial charge in [0, 0.05) is 19.4 Å². The molecule has 0 saturated carbocycles. The molecule has 4 aromatic rings. The third-order valence-electron chi connectivity index (χ3n) is 5.29. The Morgan fingerprint density at radius 1 is 1.09 bits per heavy atom. The molecule has 32 heavy (non-hydrogen) atoms. The quantitative estimate of drug-likeness (QED) is 0.482. The largest absolute Gasteiger partial charge is 0.486 e. The molecule has 7 nitrogen and oxygen atoms in total. The first kappa shape index (κ1) is 19.9. The number of ether oxygens (including phenoxy) is 2. The van der Waals surface area contributed by atoms with Gasteiger partial charge < -0.3 is 18.9 Å². The lowest BCUT2D eigenvalue weighted by atomic mass is 10.2. The van der Waals surface area contributed by atoms with E-state index in [1.807, 2.05) is 53.4 Å². The molecule has 1 atom stereocenters. The van der Waals surface area contributed by atoms with E-state index in [4.69, 9.17) is 9.47 Å². The first-order valence-electron chi connectivity index (χ1n) is 10.2. The second kappa shape index (κ2) is 8.22. The predicted octanol–water partition coefficient (Wildman–Crippen LogP) is 3.71. The molecule has 2 aromatic heterocycles. The van der Waals surface area contributed by atoms with Gasteiger partial charge in [0.25, 0.3) is 5.91 Å². The molecule has 8 heteroatoms. The summed E-state index contributed by atoms with van der Waals surface area (Å²) in [6.07, 6.45) is 4.91. The molecular weight excluding hydrogens is 411 g/mol. The highest BCUT2D eigenvalue weighted by atomic mass is 19.1. The number of nitrogens with zero attached hydrogens (tertiary/aromatic N) is 4.